The fourth-order valence-corrected chi connectivity index (χ4v) is 5.91. The van der Waals surface area contributed by atoms with E-state index >= 15 is 0 Å². The van der Waals surface area contributed by atoms with E-state index in [9.17, 15) is 18.0 Å². The summed E-state index contributed by atoms with van der Waals surface area (Å²) >= 11 is 0. The molecule has 2 aliphatic heterocycles. The van der Waals surface area contributed by atoms with Gasteiger partial charge >= 0.3 is 0 Å². The minimum absolute atomic E-state index is 0.00550. The molecule has 2 aliphatic rings. The molecule has 0 aliphatic carbocycles. The summed E-state index contributed by atoms with van der Waals surface area (Å²) in [5.41, 5.74) is 1.33. The first-order chi connectivity index (χ1) is 13.9. The summed E-state index contributed by atoms with van der Waals surface area (Å²) < 4.78 is 28.5. The maximum absolute atomic E-state index is 12.9. The molecule has 8 heteroatoms. The zero-order valence-corrected chi connectivity index (χ0v) is 19.4. The summed E-state index contributed by atoms with van der Waals surface area (Å²) in [5, 5.41) is 0. The number of benzene rings is 1. The largest absolute Gasteiger partial charge is 0.342 e. The second-order valence-electron chi connectivity index (χ2n) is 9.57. The first kappa shape index (κ1) is 22.7. The van der Waals surface area contributed by atoms with Crippen LogP contribution in [0.4, 0.5) is 0 Å². The molecular formula is C22H33N3O4S. The number of rotatable bonds is 4. The molecule has 0 bridgehead atoms. The lowest BCUT2D eigenvalue weighted by atomic mass is 10.0. The van der Waals surface area contributed by atoms with E-state index in [0.717, 1.165) is 11.1 Å². The van der Waals surface area contributed by atoms with Crippen molar-refractivity contribution in [1.82, 2.24) is 14.5 Å². The number of hydrogen-bond acceptors (Lipinski definition) is 4. The quantitative estimate of drug-likeness (QED) is 0.786. The summed E-state index contributed by atoms with van der Waals surface area (Å²) in [7, 11) is -3.60. The molecule has 0 radical (unpaired) electrons. The van der Waals surface area contributed by atoms with Crippen molar-refractivity contribution in [2.24, 2.45) is 5.92 Å². The lowest BCUT2D eigenvalue weighted by Gasteiger charge is -2.35. The van der Waals surface area contributed by atoms with Gasteiger partial charge in [0.05, 0.1) is 10.8 Å². The number of piperidine rings is 1. The van der Waals surface area contributed by atoms with Crippen molar-refractivity contribution < 1.29 is 18.0 Å². The number of sulfonamides is 1. The van der Waals surface area contributed by atoms with Gasteiger partial charge in [0.2, 0.25) is 21.8 Å². The van der Waals surface area contributed by atoms with Crippen LogP contribution < -0.4 is 4.72 Å². The van der Waals surface area contributed by atoms with Crippen molar-refractivity contribution in [1.29, 1.82) is 0 Å². The molecule has 2 saturated heterocycles. The SMILES string of the molecule is Cc1ccc(C)c(S(=O)(=O)NC2CCN(C(=O)C3CC(=O)N(C(C)(C)C)C3)CC2)c1. The van der Waals surface area contributed by atoms with Crippen LogP contribution in [0.25, 0.3) is 0 Å². The number of carbonyl (C=O) groups excluding carboxylic acids is 2. The lowest BCUT2D eigenvalue weighted by molar-refractivity contribution is -0.136. The molecule has 0 saturated carbocycles. The van der Waals surface area contributed by atoms with Gasteiger partial charge in [0.1, 0.15) is 0 Å². The van der Waals surface area contributed by atoms with Gasteiger partial charge in [-0.25, -0.2) is 13.1 Å². The Kier molecular flexibility index (Phi) is 6.30. The third-order valence-corrected chi connectivity index (χ3v) is 7.71. The van der Waals surface area contributed by atoms with E-state index in [1.54, 1.807) is 22.8 Å². The summed E-state index contributed by atoms with van der Waals surface area (Å²) in [6, 6.07) is 5.20. The Morgan fingerprint density at radius 1 is 1.13 bits per heavy atom. The van der Waals surface area contributed by atoms with Crippen LogP contribution in [0.15, 0.2) is 23.1 Å². The second-order valence-corrected chi connectivity index (χ2v) is 11.2. The highest BCUT2D eigenvalue weighted by Gasteiger charge is 2.41. The molecule has 166 valence electrons. The van der Waals surface area contributed by atoms with Crippen molar-refractivity contribution in [3.05, 3.63) is 29.3 Å². The molecular weight excluding hydrogens is 402 g/mol. The van der Waals surface area contributed by atoms with Gasteiger partial charge in [0.25, 0.3) is 0 Å². The number of nitrogens with one attached hydrogen (secondary N) is 1. The van der Waals surface area contributed by atoms with E-state index in [1.165, 1.54) is 0 Å². The predicted octanol–water partition coefficient (Wildman–Crippen LogP) is 2.22. The molecule has 1 aromatic carbocycles. The van der Waals surface area contributed by atoms with Crippen molar-refractivity contribution in [2.45, 2.75) is 70.4 Å². The monoisotopic (exact) mass is 435 g/mol. The number of amides is 2. The van der Waals surface area contributed by atoms with Crippen LogP contribution in [0, 0.1) is 19.8 Å². The molecule has 30 heavy (non-hydrogen) atoms. The zero-order chi connectivity index (χ0) is 22.3. The molecule has 2 amide bonds. The molecule has 1 unspecified atom stereocenters. The van der Waals surface area contributed by atoms with E-state index in [2.05, 4.69) is 4.72 Å². The van der Waals surface area contributed by atoms with Gasteiger partial charge in [-0.3, -0.25) is 9.59 Å². The standard InChI is InChI=1S/C22H33N3O4S/c1-15-6-7-16(2)19(12-15)30(28,29)23-18-8-10-24(11-9-18)21(27)17-13-20(26)25(14-17)22(3,4)5/h6-7,12,17-18,23H,8-11,13-14H2,1-5H3. The molecule has 2 fully saturated rings. The Labute approximate surface area is 179 Å². The normalized spacial score (nSPS) is 21.4. The van der Waals surface area contributed by atoms with E-state index < -0.39 is 10.0 Å². The smallest absolute Gasteiger partial charge is 0.241 e. The van der Waals surface area contributed by atoms with Crippen LogP contribution in [0.5, 0.6) is 0 Å². The molecule has 7 nitrogen and oxygen atoms in total. The van der Waals surface area contributed by atoms with Gasteiger partial charge < -0.3 is 9.80 Å². The second kappa shape index (κ2) is 8.30. The van der Waals surface area contributed by atoms with Crippen LogP contribution in [-0.2, 0) is 19.6 Å². The summed E-state index contributed by atoms with van der Waals surface area (Å²) in [5.74, 6) is -0.275. The number of nitrogens with zero attached hydrogens (tertiary/aromatic N) is 2. The summed E-state index contributed by atoms with van der Waals surface area (Å²) in [4.78, 5) is 29.1. The van der Waals surface area contributed by atoms with Crippen LogP contribution in [0.2, 0.25) is 0 Å². The first-order valence-corrected chi connectivity index (χ1v) is 12.1. The average molecular weight is 436 g/mol. The van der Waals surface area contributed by atoms with Gasteiger partial charge in [0.15, 0.2) is 0 Å². The van der Waals surface area contributed by atoms with Gasteiger partial charge in [-0.05, 0) is 64.7 Å². The van der Waals surface area contributed by atoms with Gasteiger partial charge in [-0.15, -0.1) is 0 Å². The molecule has 0 aromatic heterocycles. The molecule has 1 aromatic rings. The first-order valence-electron chi connectivity index (χ1n) is 10.6. The van der Waals surface area contributed by atoms with Gasteiger partial charge in [-0.2, -0.15) is 0 Å². The van der Waals surface area contributed by atoms with Crippen molar-refractivity contribution in [3.63, 3.8) is 0 Å². The van der Waals surface area contributed by atoms with Crippen LogP contribution >= 0.6 is 0 Å². The molecule has 2 heterocycles. The van der Waals surface area contributed by atoms with Crippen LogP contribution in [0.1, 0.15) is 51.2 Å². The number of aryl methyl sites for hydroxylation is 2. The van der Waals surface area contributed by atoms with E-state index in [0.29, 0.717) is 37.4 Å². The van der Waals surface area contributed by atoms with Crippen molar-refractivity contribution >= 4 is 21.8 Å². The lowest BCUT2D eigenvalue weighted by Crippen LogP contribution is -2.48. The molecule has 0 spiro atoms. The van der Waals surface area contributed by atoms with Crippen molar-refractivity contribution in [2.75, 3.05) is 19.6 Å². The Balaban J connectivity index is 1.58. The van der Waals surface area contributed by atoms with Crippen molar-refractivity contribution in [3.8, 4) is 0 Å². The van der Waals surface area contributed by atoms with Crippen LogP contribution in [0.3, 0.4) is 0 Å². The number of likely N-dealkylation sites (tertiary alicyclic amines) is 2. The third kappa shape index (κ3) is 4.86. The molecule has 3 rings (SSSR count). The maximum Gasteiger partial charge on any atom is 0.241 e. The highest BCUT2D eigenvalue weighted by molar-refractivity contribution is 7.89. The Morgan fingerprint density at radius 3 is 2.33 bits per heavy atom. The summed E-state index contributed by atoms with van der Waals surface area (Å²) in [6.45, 7) is 11.1. The average Bonchev–Trinajstić information content (AvgIpc) is 3.05. The van der Waals surface area contributed by atoms with E-state index in [-0.39, 0.29) is 35.7 Å². The Bertz CT molecular complexity index is 928. The number of carbonyl (C=O) groups is 2. The minimum atomic E-state index is -3.60. The van der Waals surface area contributed by atoms with Gasteiger partial charge in [-0.1, -0.05) is 12.1 Å². The zero-order valence-electron chi connectivity index (χ0n) is 18.6. The fraction of sp³-hybridized carbons (Fsp3) is 0.636. The highest BCUT2D eigenvalue weighted by Crippen LogP contribution is 2.28. The summed E-state index contributed by atoms with van der Waals surface area (Å²) in [6.07, 6.45) is 1.40. The maximum atomic E-state index is 12.9. The minimum Gasteiger partial charge on any atom is -0.342 e. The molecule has 1 atom stereocenters. The van der Waals surface area contributed by atoms with Gasteiger partial charge in [0, 0.05) is 37.6 Å². The number of hydrogen-bond donors (Lipinski definition) is 1. The predicted molar refractivity (Wildman–Crippen MR) is 115 cm³/mol. The topological polar surface area (TPSA) is 86.8 Å². The van der Waals surface area contributed by atoms with Crippen LogP contribution in [-0.4, -0.2) is 61.2 Å². The molecule has 1 N–H and O–H groups in total. The highest BCUT2D eigenvalue weighted by atomic mass is 32.2. The fourth-order valence-electron chi connectivity index (χ4n) is 4.28. The Hall–Kier alpha value is -1.93. The Morgan fingerprint density at radius 2 is 1.77 bits per heavy atom. The van der Waals surface area contributed by atoms with E-state index in [1.807, 2.05) is 39.8 Å². The third-order valence-electron chi connectivity index (χ3n) is 6.05. The van der Waals surface area contributed by atoms with E-state index in [4.69, 9.17) is 0 Å².